The van der Waals surface area contributed by atoms with E-state index in [-0.39, 0.29) is 18.1 Å². The van der Waals surface area contributed by atoms with E-state index < -0.39 is 0 Å². The Morgan fingerprint density at radius 1 is 1.03 bits per heavy atom. The van der Waals surface area contributed by atoms with Crippen molar-refractivity contribution in [3.63, 3.8) is 0 Å². The highest BCUT2D eigenvalue weighted by Gasteiger charge is 2.07. The molecule has 2 aromatic carbocycles. The largest absolute Gasteiger partial charge is 0.487 e. The molecule has 0 unspecified atom stereocenters. The molecule has 4 aromatic rings. The van der Waals surface area contributed by atoms with Gasteiger partial charge in [-0.3, -0.25) is 14.0 Å². The summed E-state index contributed by atoms with van der Waals surface area (Å²) in [4.78, 5) is 29.1. The van der Waals surface area contributed by atoms with Gasteiger partial charge in [0.1, 0.15) is 18.0 Å². The van der Waals surface area contributed by atoms with Crippen LogP contribution in [0.3, 0.4) is 0 Å². The van der Waals surface area contributed by atoms with Crippen LogP contribution in [0.2, 0.25) is 0 Å². The molecular formula is C25H23N3O3. The van der Waals surface area contributed by atoms with Crippen LogP contribution in [0.25, 0.3) is 5.65 Å². The summed E-state index contributed by atoms with van der Waals surface area (Å²) in [6.07, 6.45) is 2.79. The van der Waals surface area contributed by atoms with E-state index in [4.69, 9.17) is 4.74 Å². The molecule has 4 rings (SSSR count). The number of anilines is 1. The predicted octanol–water partition coefficient (Wildman–Crippen LogP) is 4.15. The van der Waals surface area contributed by atoms with Crippen LogP contribution >= 0.6 is 0 Å². The molecular weight excluding hydrogens is 390 g/mol. The van der Waals surface area contributed by atoms with Gasteiger partial charge in [0.15, 0.2) is 0 Å². The highest BCUT2D eigenvalue weighted by molar-refractivity contribution is 5.91. The van der Waals surface area contributed by atoms with E-state index in [0.29, 0.717) is 35.6 Å². The predicted molar refractivity (Wildman–Crippen MR) is 120 cm³/mol. The number of nitrogens with zero attached hydrogens (tertiary/aromatic N) is 2. The molecule has 0 spiro atoms. The van der Waals surface area contributed by atoms with Crippen LogP contribution in [0.4, 0.5) is 5.69 Å². The third-order valence-electron chi connectivity index (χ3n) is 4.93. The van der Waals surface area contributed by atoms with Gasteiger partial charge >= 0.3 is 0 Å². The van der Waals surface area contributed by atoms with Gasteiger partial charge in [-0.1, -0.05) is 42.5 Å². The number of rotatable bonds is 7. The molecule has 0 aliphatic carbocycles. The Hall–Kier alpha value is -3.93. The van der Waals surface area contributed by atoms with Crippen molar-refractivity contribution in [1.29, 1.82) is 0 Å². The molecule has 0 aliphatic heterocycles. The minimum Gasteiger partial charge on any atom is -0.487 e. The zero-order chi connectivity index (χ0) is 21.6. The van der Waals surface area contributed by atoms with Gasteiger partial charge in [-0.25, -0.2) is 4.98 Å². The molecule has 1 amide bonds. The Balaban J connectivity index is 1.38. The van der Waals surface area contributed by atoms with E-state index >= 15 is 0 Å². The SMILES string of the molecule is Cc1cccn2c(=O)cc(COc3cccc(NC(=O)CCc4ccccc4)c3)nc12. The average Bonchev–Trinajstić information content (AvgIpc) is 2.78. The fraction of sp³-hybridized carbons (Fsp3) is 0.160. The molecule has 31 heavy (non-hydrogen) atoms. The Bertz CT molecular complexity index is 1270. The normalized spacial score (nSPS) is 10.7. The van der Waals surface area contributed by atoms with Gasteiger partial charge in [0.05, 0.1) is 5.69 Å². The number of pyridine rings is 1. The third-order valence-corrected chi connectivity index (χ3v) is 4.93. The number of fused-ring (bicyclic) bond motifs is 1. The van der Waals surface area contributed by atoms with Gasteiger partial charge < -0.3 is 10.1 Å². The second-order valence-corrected chi connectivity index (χ2v) is 7.32. The summed E-state index contributed by atoms with van der Waals surface area (Å²) in [5.41, 5.74) is 3.74. The Labute approximate surface area is 180 Å². The molecule has 0 saturated carbocycles. The standard InChI is InChI=1S/C25H23N3O3/c1-18-7-6-14-28-24(30)16-21(27-25(18)28)17-31-22-11-5-10-20(15-22)26-23(29)13-12-19-8-3-2-4-9-19/h2-11,14-16H,12-13,17H2,1H3,(H,26,29). The first-order valence-corrected chi connectivity index (χ1v) is 10.1. The number of hydrogen-bond donors (Lipinski definition) is 1. The van der Waals surface area contributed by atoms with Crippen molar-refractivity contribution in [3.8, 4) is 5.75 Å². The number of nitrogens with one attached hydrogen (secondary N) is 1. The first-order chi connectivity index (χ1) is 15.1. The van der Waals surface area contributed by atoms with E-state index in [2.05, 4.69) is 10.3 Å². The van der Waals surface area contributed by atoms with Crippen LogP contribution in [-0.4, -0.2) is 15.3 Å². The lowest BCUT2D eigenvalue weighted by Gasteiger charge is -2.10. The second kappa shape index (κ2) is 9.26. The highest BCUT2D eigenvalue weighted by Crippen LogP contribution is 2.19. The van der Waals surface area contributed by atoms with Crippen molar-refractivity contribution in [2.75, 3.05) is 5.32 Å². The van der Waals surface area contributed by atoms with Crippen LogP contribution in [-0.2, 0) is 17.8 Å². The minimum atomic E-state index is -0.147. The lowest BCUT2D eigenvalue weighted by atomic mass is 10.1. The van der Waals surface area contributed by atoms with Crippen molar-refractivity contribution < 1.29 is 9.53 Å². The van der Waals surface area contributed by atoms with Crippen LogP contribution in [0.1, 0.15) is 23.2 Å². The van der Waals surface area contributed by atoms with Gasteiger partial charge in [0, 0.05) is 30.4 Å². The van der Waals surface area contributed by atoms with Crippen LogP contribution < -0.4 is 15.6 Å². The fourth-order valence-corrected chi connectivity index (χ4v) is 3.33. The molecule has 0 fully saturated rings. The summed E-state index contributed by atoms with van der Waals surface area (Å²) in [6, 6.07) is 22.3. The molecule has 156 valence electrons. The van der Waals surface area contributed by atoms with Gasteiger partial charge in [0.25, 0.3) is 5.56 Å². The number of amides is 1. The van der Waals surface area contributed by atoms with Crippen LogP contribution in [0.5, 0.6) is 5.75 Å². The second-order valence-electron chi connectivity index (χ2n) is 7.32. The zero-order valence-corrected chi connectivity index (χ0v) is 17.2. The molecule has 1 N–H and O–H groups in total. The van der Waals surface area contributed by atoms with E-state index in [0.717, 1.165) is 11.1 Å². The third kappa shape index (κ3) is 5.17. The van der Waals surface area contributed by atoms with Crippen LogP contribution in [0, 0.1) is 6.92 Å². The maximum atomic E-state index is 12.3. The molecule has 0 saturated heterocycles. The summed E-state index contributed by atoms with van der Waals surface area (Å²) < 4.78 is 7.34. The smallest absolute Gasteiger partial charge is 0.258 e. The number of ether oxygens (including phenoxy) is 1. The van der Waals surface area contributed by atoms with Crippen molar-refractivity contribution in [3.05, 3.63) is 106 Å². The fourth-order valence-electron chi connectivity index (χ4n) is 3.33. The molecule has 0 atom stereocenters. The number of carbonyl (C=O) groups excluding carboxylic acids is 1. The lowest BCUT2D eigenvalue weighted by Crippen LogP contribution is -2.17. The highest BCUT2D eigenvalue weighted by atomic mass is 16.5. The number of benzene rings is 2. The molecule has 6 heteroatoms. The summed E-state index contributed by atoms with van der Waals surface area (Å²) in [6.45, 7) is 2.07. The minimum absolute atomic E-state index is 0.0549. The Kier molecular flexibility index (Phi) is 6.08. The average molecular weight is 413 g/mol. The van der Waals surface area contributed by atoms with Crippen molar-refractivity contribution in [2.24, 2.45) is 0 Å². The van der Waals surface area contributed by atoms with Gasteiger partial charge in [-0.2, -0.15) is 0 Å². The molecule has 2 heterocycles. The molecule has 6 nitrogen and oxygen atoms in total. The summed E-state index contributed by atoms with van der Waals surface area (Å²) in [5, 5.41) is 2.90. The number of carbonyl (C=O) groups is 1. The van der Waals surface area contributed by atoms with Crippen LogP contribution in [0.15, 0.2) is 83.8 Å². The maximum absolute atomic E-state index is 12.3. The molecule has 0 bridgehead atoms. The zero-order valence-electron chi connectivity index (χ0n) is 17.2. The maximum Gasteiger partial charge on any atom is 0.258 e. The van der Waals surface area contributed by atoms with E-state index in [9.17, 15) is 9.59 Å². The first-order valence-electron chi connectivity index (χ1n) is 10.1. The van der Waals surface area contributed by atoms with E-state index in [1.807, 2.05) is 61.5 Å². The Morgan fingerprint density at radius 3 is 2.71 bits per heavy atom. The summed E-state index contributed by atoms with van der Waals surface area (Å²) in [7, 11) is 0. The first kappa shape index (κ1) is 20.3. The number of aryl methyl sites for hydroxylation is 2. The monoisotopic (exact) mass is 413 g/mol. The van der Waals surface area contributed by atoms with E-state index in [1.165, 1.54) is 10.5 Å². The molecule has 2 aromatic heterocycles. The summed E-state index contributed by atoms with van der Waals surface area (Å²) in [5.74, 6) is 0.535. The van der Waals surface area contributed by atoms with Crippen molar-refractivity contribution >= 4 is 17.2 Å². The number of aromatic nitrogens is 2. The van der Waals surface area contributed by atoms with Gasteiger partial charge in [-0.05, 0) is 42.7 Å². The topological polar surface area (TPSA) is 72.7 Å². The van der Waals surface area contributed by atoms with Crippen molar-refractivity contribution in [2.45, 2.75) is 26.4 Å². The Morgan fingerprint density at radius 2 is 1.87 bits per heavy atom. The van der Waals surface area contributed by atoms with Crippen molar-refractivity contribution in [1.82, 2.24) is 9.38 Å². The quantitative estimate of drug-likeness (QED) is 0.494. The molecule has 0 aliphatic rings. The summed E-state index contributed by atoms with van der Waals surface area (Å²) >= 11 is 0. The molecule has 0 radical (unpaired) electrons. The lowest BCUT2D eigenvalue weighted by molar-refractivity contribution is -0.116. The van der Waals surface area contributed by atoms with E-state index in [1.54, 1.807) is 18.3 Å². The number of hydrogen-bond acceptors (Lipinski definition) is 4. The van der Waals surface area contributed by atoms with Gasteiger partial charge in [-0.15, -0.1) is 0 Å². The van der Waals surface area contributed by atoms with Gasteiger partial charge in [0.2, 0.25) is 5.91 Å².